The van der Waals surface area contributed by atoms with Gasteiger partial charge in [0.15, 0.2) is 0 Å². The van der Waals surface area contributed by atoms with Crippen LogP contribution < -0.4 is 10.2 Å². The SMILES string of the molecule is O=C1[C@H]2[C@H](Cc3ccccc3)N[C@]3(C(=O)N(Cc4ccc(F)cc4)c4ccccc43)[C@@H]2C(=O)N1Cc1ccccc1. The molecule has 4 aromatic rings. The van der Waals surface area contributed by atoms with Crippen LogP contribution in [-0.4, -0.2) is 28.7 Å². The number of carbonyl (C=O) groups excluding carboxylic acids is 3. The predicted octanol–water partition coefficient (Wildman–Crippen LogP) is 4.58. The Morgan fingerprint density at radius 3 is 1.95 bits per heavy atom. The molecular formula is C34H28FN3O3. The number of hydrogen-bond acceptors (Lipinski definition) is 4. The van der Waals surface area contributed by atoms with E-state index < -0.39 is 23.4 Å². The summed E-state index contributed by atoms with van der Waals surface area (Å²) in [7, 11) is 0. The Morgan fingerprint density at radius 1 is 0.659 bits per heavy atom. The minimum absolute atomic E-state index is 0.161. The van der Waals surface area contributed by atoms with Crippen LogP contribution in [0.5, 0.6) is 0 Å². The molecule has 1 N–H and O–H groups in total. The molecule has 0 aromatic heterocycles. The molecule has 0 saturated carbocycles. The molecule has 1 spiro atoms. The maximum Gasteiger partial charge on any atom is 0.253 e. The number of nitrogens with one attached hydrogen (secondary N) is 1. The summed E-state index contributed by atoms with van der Waals surface area (Å²) in [4.78, 5) is 46.0. The van der Waals surface area contributed by atoms with Gasteiger partial charge in [-0.25, -0.2) is 4.39 Å². The Kier molecular flexibility index (Phi) is 6.05. The molecule has 3 heterocycles. The highest BCUT2D eigenvalue weighted by Gasteiger charge is 2.71. The number of imide groups is 1. The van der Waals surface area contributed by atoms with Crippen molar-refractivity contribution in [2.75, 3.05) is 4.90 Å². The number of rotatable bonds is 6. The van der Waals surface area contributed by atoms with Gasteiger partial charge < -0.3 is 4.90 Å². The molecule has 6 nitrogen and oxygen atoms in total. The van der Waals surface area contributed by atoms with E-state index in [-0.39, 0.29) is 36.6 Å². The van der Waals surface area contributed by atoms with Crippen LogP contribution in [0, 0.1) is 17.7 Å². The molecule has 0 aliphatic carbocycles. The lowest BCUT2D eigenvalue weighted by molar-refractivity contribution is -0.143. The van der Waals surface area contributed by atoms with Crippen LogP contribution in [0.3, 0.4) is 0 Å². The summed E-state index contributed by atoms with van der Waals surface area (Å²) in [5.74, 6) is -2.80. The van der Waals surface area contributed by atoms with Crippen LogP contribution >= 0.6 is 0 Å². The Balaban J connectivity index is 1.33. The molecule has 3 amide bonds. The fourth-order valence-corrected chi connectivity index (χ4v) is 6.90. The van der Waals surface area contributed by atoms with E-state index in [1.54, 1.807) is 17.0 Å². The average molecular weight is 546 g/mol. The van der Waals surface area contributed by atoms with Crippen molar-refractivity contribution in [3.05, 3.63) is 137 Å². The molecule has 0 bridgehead atoms. The van der Waals surface area contributed by atoms with Crippen molar-refractivity contribution < 1.29 is 18.8 Å². The molecule has 3 aliphatic heterocycles. The third kappa shape index (κ3) is 3.99. The summed E-state index contributed by atoms with van der Waals surface area (Å²) in [6.07, 6.45) is 0.495. The van der Waals surface area contributed by atoms with E-state index in [0.29, 0.717) is 17.7 Å². The van der Waals surface area contributed by atoms with Gasteiger partial charge in [0, 0.05) is 17.3 Å². The largest absolute Gasteiger partial charge is 0.306 e. The van der Waals surface area contributed by atoms with Gasteiger partial charge in [0.2, 0.25) is 11.8 Å². The lowest BCUT2D eigenvalue weighted by Crippen LogP contribution is -2.55. The standard InChI is InChI=1S/C34H28FN3O3/c35-25-17-15-24(16-18-25)20-37-28-14-8-7-13-26(28)34(33(37)41)30-29(27(36-34)19-22-9-3-1-4-10-22)31(39)38(32(30)40)21-23-11-5-2-6-12-23/h1-18,27,29-30,36H,19-21H2/t27-,29-,30-,34-/m0/s1. The smallest absolute Gasteiger partial charge is 0.253 e. The predicted molar refractivity (Wildman–Crippen MR) is 152 cm³/mol. The number of benzene rings is 4. The van der Waals surface area contributed by atoms with E-state index in [2.05, 4.69) is 5.32 Å². The lowest BCUT2D eigenvalue weighted by Gasteiger charge is -2.31. The highest BCUT2D eigenvalue weighted by Crippen LogP contribution is 2.55. The van der Waals surface area contributed by atoms with Crippen LogP contribution in [0.25, 0.3) is 0 Å². The number of para-hydroxylation sites is 1. The summed E-state index contributed by atoms with van der Waals surface area (Å²) in [6.45, 7) is 0.380. The van der Waals surface area contributed by atoms with Crippen LogP contribution in [0.2, 0.25) is 0 Å². The zero-order valence-electron chi connectivity index (χ0n) is 22.2. The molecule has 41 heavy (non-hydrogen) atoms. The number of nitrogens with zero attached hydrogens (tertiary/aromatic N) is 2. The number of amides is 3. The Morgan fingerprint density at radius 2 is 1.24 bits per heavy atom. The number of hydrogen-bond donors (Lipinski definition) is 1. The van der Waals surface area contributed by atoms with Gasteiger partial charge in [-0.2, -0.15) is 0 Å². The second kappa shape index (κ2) is 9.78. The first-order chi connectivity index (χ1) is 20.0. The molecular weight excluding hydrogens is 517 g/mol. The number of likely N-dealkylation sites (tertiary alicyclic amines) is 1. The van der Waals surface area contributed by atoms with E-state index in [1.807, 2.05) is 84.9 Å². The number of fused-ring (bicyclic) bond motifs is 4. The van der Waals surface area contributed by atoms with Crippen molar-refractivity contribution in [1.82, 2.24) is 10.2 Å². The average Bonchev–Trinajstić information content (AvgIpc) is 3.55. The number of carbonyl (C=O) groups is 3. The first-order valence-electron chi connectivity index (χ1n) is 13.8. The van der Waals surface area contributed by atoms with Crippen LogP contribution in [0.4, 0.5) is 10.1 Å². The van der Waals surface area contributed by atoms with Gasteiger partial charge in [-0.05, 0) is 41.3 Å². The van der Waals surface area contributed by atoms with Gasteiger partial charge in [-0.15, -0.1) is 0 Å². The molecule has 3 aliphatic rings. The van der Waals surface area contributed by atoms with Crippen molar-refractivity contribution in [2.24, 2.45) is 11.8 Å². The van der Waals surface area contributed by atoms with E-state index in [1.165, 1.54) is 17.0 Å². The normalized spacial score (nSPS) is 24.8. The monoisotopic (exact) mass is 545 g/mol. The van der Waals surface area contributed by atoms with Crippen LogP contribution in [0.1, 0.15) is 22.3 Å². The summed E-state index contributed by atoms with van der Waals surface area (Å²) < 4.78 is 13.6. The first-order valence-corrected chi connectivity index (χ1v) is 13.8. The molecule has 4 atom stereocenters. The van der Waals surface area contributed by atoms with Gasteiger partial charge in [0.05, 0.1) is 24.9 Å². The summed E-state index contributed by atoms with van der Waals surface area (Å²) >= 11 is 0. The van der Waals surface area contributed by atoms with Crippen molar-refractivity contribution in [1.29, 1.82) is 0 Å². The van der Waals surface area contributed by atoms with E-state index >= 15 is 0 Å². The van der Waals surface area contributed by atoms with Crippen molar-refractivity contribution in [3.63, 3.8) is 0 Å². The molecule has 2 saturated heterocycles. The summed E-state index contributed by atoms with van der Waals surface area (Å²) in [5, 5.41) is 3.57. The highest BCUT2D eigenvalue weighted by atomic mass is 19.1. The highest BCUT2D eigenvalue weighted by molar-refractivity contribution is 6.16. The number of anilines is 1. The maximum absolute atomic E-state index is 14.6. The maximum atomic E-state index is 14.6. The third-order valence-corrected chi connectivity index (χ3v) is 8.69. The van der Waals surface area contributed by atoms with E-state index in [0.717, 1.165) is 16.7 Å². The second-order valence-corrected chi connectivity index (χ2v) is 11.0. The molecule has 7 rings (SSSR count). The van der Waals surface area contributed by atoms with Gasteiger partial charge in [0.25, 0.3) is 5.91 Å². The fraction of sp³-hybridized carbons (Fsp3) is 0.206. The Hall–Kier alpha value is -4.62. The lowest BCUT2D eigenvalue weighted by atomic mass is 9.76. The fourth-order valence-electron chi connectivity index (χ4n) is 6.90. The molecule has 4 aromatic carbocycles. The van der Waals surface area contributed by atoms with Gasteiger partial charge >= 0.3 is 0 Å². The van der Waals surface area contributed by atoms with E-state index in [4.69, 9.17) is 0 Å². The van der Waals surface area contributed by atoms with Crippen LogP contribution in [-0.2, 0) is 39.4 Å². The molecule has 7 heteroatoms. The topological polar surface area (TPSA) is 69.7 Å². The zero-order valence-corrected chi connectivity index (χ0v) is 22.2. The summed E-state index contributed by atoms with van der Waals surface area (Å²) in [6, 6.07) is 32.4. The minimum Gasteiger partial charge on any atom is -0.306 e. The van der Waals surface area contributed by atoms with Gasteiger partial charge in [-0.3, -0.25) is 24.6 Å². The van der Waals surface area contributed by atoms with Crippen molar-refractivity contribution in [2.45, 2.75) is 31.1 Å². The molecule has 2 fully saturated rings. The second-order valence-electron chi connectivity index (χ2n) is 11.0. The minimum atomic E-state index is -1.39. The molecule has 204 valence electrons. The van der Waals surface area contributed by atoms with Gasteiger partial charge in [0.1, 0.15) is 11.4 Å². The molecule has 0 unspecified atom stereocenters. The van der Waals surface area contributed by atoms with Crippen molar-refractivity contribution in [3.8, 4) is 0 Å². The Labute approximate surface area is 237 Å². The zero-order chi connectivity index (χ0) is 28.1. The Bertz CT molecular complexity index is 1640. The van der Waals surface area contributed by atoms with E-state index in [9.17, 15) is 18.8 Å². The summed E-state index contributed by atoms with van der Waals surface area (Å²) in [5.41, 5.74) is 2.63. The third-order valence-electron chi connectivity index (χ3n) is 8.69. The number of halogens is 1. The van der Waals surface area contributed by atoms with Gasteiger partial charge in [-0.1, -0.05) is 91.0 Å². The first kappa shape index (κ1) is 25.4. The van der Waals surface area contributed by atoms with Crippen LogP contribution in [0.15, 0.2) is 109 Å². The quantitative estimate of drug-likeness (QED) is 0.360. The molecule has 0 radical (unpaired) electrons. The van der Waals surface area contributed by atoms with Crippen molar-refractivity contribution >= 4 is 23.4 Å².